The molecule has 0 spiro atoms. The Hall–Kier alpha value is -2.59. The van der Waals surface area contributed by atoms with E-state index in [1.807, 2.05) is 30.3 Å². The topological polar surface area (TPSA) is 88.5 Å². The van der Waals surface area contributed by atoms with Crippen molar-refractivity contribution in [3.8, 4) is 11.4 Å². The van der Waals surface area contributed by atoms with Crippen molar-refractivity contribution in [1.82, 2.24) is 20.8 Å². The van der Waals surface area contributed by atoms with Crippen molar-refractivity contribution in [3.05, 3.63) is 70.8 Å². The SMILES string of the molecule is CN=C(NCc1nc(-c2cccc(Cl)c2)no1)NCc1oc2ccccc2c1C.I. The number of furan rings is 1. The van der Waals surface area contributed by atoms with Crippen LogP contribution < -0.4 is 10.6 Å². The Morgan fingerprint density at radius 1 is 1.10 bits per heavy atom. The summed E-state index contributed by atoms with van der Waals surface area (Å²) in [7, 11) is 1.70. The lowest BCUT2D eigenvalue weighted by Gasteiger charge is -2.09. The number of aliphatic imine (C=N–C) groups is 1. The largest absolute Gasteiger partial charge is 0.459 e. The first-order chi connectivity index (χ1) is 14.1. The molecule has 9 heteroatoms. The number of nitrogens with zero attached hydrogens (tertiary/aromatic N) is 3. The fraction of sp³-hybridized carbons (Fsp3) is 0.190. The summed E-state index contributed by atoms with van der Waals surface area (Å²) in [6.45, 7) is 2.90. The molecule has 0 aliphatic heterocycles. The van der Waals surface area contributed by atoms with Gasteiger partial charge in [-0.2, -0.15) is 4.98 Å². The molecule has 4 rings (SSSR count). The molecule has 2 aromatic heterocycles. The number of rotatable bonds is 5. The van der Waals surface area contributed by atoms with Gasteiger partial charge in [0.1, 0.15) is 11.3 Å². The second-order valence-corrected chi connectivity index (χ2v) is 6.88. The minimum atomic E-state index is 0. The highest BCUT2D eigenvalue weighted by molar-refractivity contribution is 14.0. The Kier molecular flexibility index (Phi) is 7.33. The number of para-hydroxylation sites is 1. The van der Waals surface area contributed by atoms with Crippen molar-refractivity contribution in [1.29, 1.82) is 0 Å². The molecule has 2 N–H and O–H groups in total. The smallest absolute Gasteiger partial charge is 0.246 e. The van der Waals surface area contributed by atoms with E-state index in [2.05, 4.69) is 38.8 Å². The molecule has 0 fully saturated rings. The second kappa shape index (κ2) is 9.94. The molecular weight excluding hydrogens is 517 g/mol. The zero-order chi connectivity index (χ0) is 20.2. The van der Waals surface area contributed by atoms with E-state index in [-0.39, 0.29) is 24.0 Å². The van der Waals surface area contributed by atoms with Gasteiger partial charge in [0.15, 0.2) is 5.96 Å². The molecule has 0 amide bonds. The van der Waals surface area contributed by atoms with Gasteiger partial charge in [0.05, 0.1) is 13.1 Å². The molecule has 0 aliphatic rings. The van der Waals surface area contributed by atoms with E-state index in [9.17, 15) is 0 Å². The molecule has 4 aromatic rings. The predicted octanol–water partition coefficient (Wildman–Crippen LogP) is 4.93. The molecule has 2 heterocycles. The number of hydrogen-bond acceptors (Lipinski definition) is 5. The van der Waals surface area contributed by atoms with Crippen molar-refractivity contribution in [2.45, 2.75) is 20.0 Å². The number of fused-ring (bicyclic) bond motifs is 1. The van der Waals surface area contributed by atoms with Crippen LogP contribution in [0, 0.1) is 6.92 Å². The number of aryl methyl sites for hydroxylation is 1. The van der Waals surface area contributed by atoms with Crippen LogP contribution in [0.25, 0.3) is 22.4 Å². The fourth-order valence-electron chi connectivity index (χ4n) is 3.01. The van der Waals surface area contributed by atoms with Crippen LogP contribution in [-0.2, 0) is 13.1 Å². The summed E-state index contributed by atoms with van der Waals surface area (Å²) in [5.41, 5.74) is 2.80. The Balaban J connectivity index is 0.00000256. The number of guanidine groups is 1. The van der Waals surface area contributed by atoms with Crippen LogP contribution in [-0.4, -0.2) is 23.1 Å². The van der Waals surface area contributed by atoms with E-state index in [0.29, 0.717) is 35.8 Å². The van der Waals surface area contributed by atoms with Gasteiger partial charge < -0.3 is 19.6 Å². The molecule has 7 nitrogen and oxygen atoms in total. The molecule has 0 unspecified atom stereocenters. The molecule has 0 aliphatic carbocycles. The maximum Gasteiger partial charge on any atom is 0.246 e. The molecule has 0 saturated heterocycles. The lowest BCUT2D eigenvalue weighted by atomic mass is 10.1. The highest BCUT2D eigenvalue weighted by Crippen LogP contribution is 2.24. The van der Waals surface area contributed by atoms with Crippen LogP contribution in [0.15, 0.2) is 62.5 Å². The lowest BCUT2D eigenvalue weighted by Crippen LogP contribution is -2.36. The molecular formula is C21H21ClIN5O2. The maximum atomic E-state index is 6.02. The first-order valence-corrected chi connectivity index (χ1v) is 9.52. The van der Waals surface area contributed by atoms with Crippen LogP contribution in [0.5, 0.6) is 0 Å². The standard InChI is InChI=1S/C21H20ClN5O2.HI/c1-13-16-8-3-4-9-17(16)28-18(13)11-24-21(23-2)25-12-19-26-20(27-29-19)14-6-5-7-15(22)10-14;/h3-10H,11-12H2,1-2H3,(H2,23,24,25);1H. The van der Waals surface area contributed by atoms with Gasteiger partial charge in [-0.25, -0.2) is 0 Å². The Morgan fingerprint density at radius 2 is 1.90 bits per heavy atom. The van der Waals surface area contributed by atoms with Gasteiger partial charge in [-0.3, -0.25) is 4.99 Å². The summed E-state index contributed by atoms with van der Waals surface area (Å²) in [6.07, 6.45) is 0. The van der Waals surface area contributed by atoms with Crippen LogP contribution in [0.1, 0.15) is 17.2 Å². The van der Waals surface area contributed by atoms with E-state index in [0.717, 1.165) is 27.9 Å². The normalized spacial score (nSPS) is 11.4. The van der Waals surface area contributed by atoms with Gasteiger partial charge in [-0.15, -0.1) is 24.0 Å². The minimum Gasteiger partial charge on any atom is -0.459 e. The van der Waals surface area contributed by atoms with Crippen molar-refractivity contribution in [2.24, 2.45) is 4.99 Å². The molecule has 2 aromatic carbocycles. The summed E-state index contributed by atoms with van der Waals surface area (Å²) >= 11 is 6.02. The summed E-state index contributed by atoms with van der Waals surface area (Å²) in [4.78, 5) is 8.61. The number of nitrogens with one attached hydrogen (secondary N) is 2. The van der Waals surface area contributed by atoms with Crippen LogP contribution in [0.3, 0.4) is 0 Å². The third-order valence-corrected chi connectivity index (χ3v) is 4.78. The van der Waals surface area contributed by atoms with E-state index in [4.69, 9.17) is 20.5 Å². The molecule has 0 bridgehead atoms. The molecule has 0 atom stereocenters. The summed E-state index contributed by atoms with van der Waals surface area (Å²) in [6, 6.07) is 15.3. The number of hydrogen-bond donors (Lipinski definition) is 2. The van der Waals surface area contributed by atoms with Crippen LogP contribution >= 0.6 is 35.6 Å². The third-order valence-electron chi connectivity index (χ3n) is 4.54. The van der Waals surface area contributed by atoms with Crippen molar-refractivity contribution >= 4 is 52.5 Å². The quantitative estimate of drug-likeness (QED) is 0.213. The minimum absolute atomic E-state index is 0. The second-order valence-electron chi connectivity index (χ2n) is 6.45. The lowest BCUT2D eigenvalue weighted by molar-refractivity contribution is 0.375. The van der Waals surface area contributed by atoms with Gasteiger partial charge >= 0.3 is 0 Å². The van der Waals surface area contributed by atoms with Gasteiger partial charge in [0.25, 0.3) is 0 Å². The van der Waals surface area contributed by atoms with Gasteiger partial charge in [0.2, 0.25) is 11.7 Å². The van der Waals surface area contributed by atoms with Crippen LogP contribution in [0.4, 0.5) is 0 Å². The summed E-state index contributed by atoms with van der Waals surface area (Å²) < 4.78 is 11.2. The molecule has 30 heavy (non-hydrogen) atoms. The Bertz CT molecular complexity index is 1170. The molecule has 0 radical (unpaired) electrons. The zero-order valence-electron chi connectivity index (χ0n) is 16.5. The monoisotopic (exact) mass is 537 g/mol. The van der Waals surface area contributed by atoms with Crippen molar-refractivity contribution < 1.29 is 8.94 Å². The first kappa shape index (κ1) is 22.1. The van der Waals surface area contributed by atoms with Gasteiger partial charge in [-0.05, 0) is 25.1 Å². The fourth-order valence-corrected chi connectivity index (χ4v) is 3.20. The summed E-state index contributed by atoms with van der Waals surface area (Å²) in [5.74, 6) is 2.41. The van der Waals surface area contributed by atoms with Crippen molar-refractivity contribution in [3.63, 3.8) is 0 Å². The zero-order valence-corrected chi connectivity index (χ0v) is 19.6. The van der Waals surface area contributed by atoms with E-state index < -0.39 is 0 Å². The first-order valence-electron chi connectivity index (χ1n) is 9.14. The third kappa shape index (κ3) is 4.93. The Labute approximate surface area is 195 Å². The Morgan fingerprint density at radius 3 is 2.67 bits per heavy atom. The van der Waals surface area contributed by atoms with E-state index in [1.54, 1.807) is 19.2 Å². The average Bonchev–Trinajstić information content (AvgIpc) is 3.33. The average molecular weight is 538 g/mol. The predicted molar refractivity (Wildman–Crippen MR) is 128 cm³/mol. The van der Waals surface area contributed by atoms with Crippen molar-refractivity contribution in [2.75, 3.05) is 7.05 Å². The van der Waals surface area contributed by atoms with E-state index >= 15 is 0 Å². The van der Waals surface area contributed by atoms with E-state index in [1.165, 1.54) is 0 Å². The highest BCUT2D eigenvalue weighted by atomic mass is 127. The summed E-state index contributed by atoms with van der Waals surface area (Å²) in [5, 5.41) is 12.1. The molecule has 156 valence electrons. The highest BCUT2D eigenvalue weighted by Gasteiger charge is 2.12. The number of halogens is 2. The van der Waals surface area contributed by atoms with Crippen LogP contribution in [0.2, 0.25) is 5.02 Å². The maximum absolute atomic E-state index is 6.02. The van der Waals surface area contributed by atoms with Gasteiger partial charge in [0, 0.05) is 28.6 Å². The number of benzene rings is 2. The van der Waals surface area contributed by atoms with Gasteiger partial charge in [-0.1, -0.05) is 47.1 Å². The molecule has 0 saturated carbocycles. The number of aromatic nitrogens is 2.